The van der Waals surface area contributed by atoms with Crippen molar-refractivity contribution >= 4 is 0 Å². The van der Waals surface area contributed by atoms with E-state index in [2.05, 4.69) is 0 Å². The van der Waals surface area contributed by atoms with E-state index in [0.29, 0.717) is 13.1 Å². The third-order valence-electron chi connectivity index (χ3n) is 2.26. The quantitative estimate of drug-likeness (QED) is 0.648. The highest BCUT2D eigenvalue weighted by Crippen LogP contribution is 2.26. The first kappa shape index (κ1) is 9.88. The van der Waals surface area contributed by atoms with Crippen LogP contribution in [0.25, 0.3) is 0 Å². The topological polar surface area (TPSA) is 50.8 Å². The zero-order valence-electron chi connectivity index (χ0n) is 7.00. The lowest BCUT2D eigenvalue weighted by molar-refractivity contribution is 0.0248. The second-order valence-corrected chi connectivity index (χ2v) is 2.98. The van der Waals surface area contributed by atoms with Gasteiger partial charge >= 0.3 is 0 Å². The lowest BCUT2D eigenvalue weighted by atomic mass is 10.0. The fourth-order valence-corrected chi connectivity index (χ4v) is 1.47. The number of alkyl halides is 2. The van der Waals surface area contributed by atoms with Gasteiger partial charge in [-0.25, -0.2) is 8.78 Å². The first-order chi connectivity index (χ1) is 6.17. The molecular weight excluding hydrogens is 176 g/mol. The van der Waals surface area contributed by atoms with Crippen LogP contribution in [0.2, 0.25) is 0 Å². The molecule has 1 heterocycles. The standard InChI is InChI=1S/C8H9F2N3/c9-7(10)8(5-11,6-12)13-3-1-2-4-13/h7H,1-4H2. The molecular formula is C8H9F2N3. The average molecular weight is 185 g/mol. The number of hydrogen-bond acceptors (Lipinski definition) is 3. The van der Waals surface area contributed by atoms with Gasteiger partial charge in [-0.2, -0.15) is 10.5 Å². The molecule has 0 aromatic carbocycles. The molecule has 0 saturated carbocycles. The molecule has 5 heteroatoms. The summed E-state index contributed by atoms with van der Waals surface area (Å²) in [6.45, 7) is 0.816. The molecule has 1 aliphatic heterocycles. The van der Waals surface area contributed by atoms with E-state index in [1.54, 1.807) is 0 Å². The summed E-state index contributed by atoms with van der Waals surface area (Å²) >= 11 is 0. The number of nitrogens with zero attached hydrogens (tertiary/aromatic N) is 3. The molecule has 13 heavy (non-hydrogen) atoms. The maximum absolute atomic E-state index is 12.5. The molecule has 1 rings (SSSR count). The monoisotopic (exact) mass is 185 g/mol. The molecule has 0 bridgehead atoms. The Kier molecular flexibility index (Phi) is 2.79. The summed E-state index contributed by atoms with van der Waals surface area (Å²) in [5.41, 5.74) is -2.23. The van der Waals surface area contributed by atoms with E-state index >= 15 is 0 Å². The molecule has 0 amide bonds. The maximum Gasteiger partial charge on any atom is 0.283 e. The van der Waals surface area contributed by atoms with Crippen molar-refractivity contribution in [3.8, 4) is 12.1 Å². The summed E-state index contributed by atoms with van der Waals surface area (Å²) in [7, 11) is 0. The van der Waals surface area contributed by atoms with Crippen molar-refractivity contribution in [2.45, 2.75) is 24.8 Å². The lowest BCUT2D eigenvalue weighted by Gasteiger charge is -2.28. The molecule has 0 aromatic heterocycles. The van der Waals surface area contributed by atoms with Gasteiger partial charge < -0.3 is 0 Å². The number of nitriles is 2. The van der Waals surface area contributed by atoms with Gasteiger partial charge in [0.2, 0.25) is 0 Å². The predicted octanol–water partition coefficient (Wildman–Crippen LogP) is 1.13. The van der Waals surface area contributed by atoms with Gasteiger partial charge in [0.15, 0.2) is 0 Å². The van der Waals surface area contributed by atoms with Crippen molar-refractivity contribution in [1.29, 1.82) is 10.5 Å². The Morgan fingerprint density at radius 3 is 1.92 bits per heavy atom. The summed E-state index contributed by atoms with van der Waals surface area (Å²) in [6, 6.07) is 2.84. The number of rotatable bonds is 2. The second-order valence-electron chi connectivity index (χ2n) is 2.98. The Labute approximate surface area is 75.2 Å². The third kappa shape index (κ3) is 1.48. The Bertz CT molecular complexity index is 244. The van der Waals surface area contributed by atoms with E-state index in [1.807, 2.05) is 0 Å². The molecule has 0 N–H and O–H groups in total. The van der Waals surface area contributed by atoms with Crippen LogP contribution in [0.1, 0.15) is 12.8 Å². The fourth-order valence-electron chi connectivity index (χ4n) is 1.47. The SMILES string of the molecule is N#CC(C#N)(C(F)F)N1CCCC1. The number of likely N-dealkylation sites (tertiary alicyclic amines) is 1. The van der Waals surface area contributed by atoms with E-state index < -0.39 is 12.0 Å². The van der Waals surface area contributed by atoms with Crippen LogP contribution in [0, 0.1) is 22.7 Å². The highest BCUT2D eigenvalue weighted by Gasteiger charge is 2.47. The third-order valence-corrected chi connectivity index (χ3v) is 2.26. The van der Waals surface area contributed by atoms with Crippen molar-refractivity contribution in [1.82, 2.24) is 4.90 Å². The summed E-state index contributed by atoms with van der Waals surface area (Å²) in [6.07, 6.45) is -1.38. The fraction of sp³-hybridized carbons (Fsp3) is 0.750. The largest absolute Gasteiger partial charge is 0.283 e. The van der Waals surface area contributed by atoms with Crippen molar-refractivity contribution < 1.29 is 8.78 Å². The van der Waals surface area contributed by atoms with Crippen LogP contribution in [0.3, 0.4) is 0 Å². The van der Waals surface area contributed by atoms with Crippen molar-refractivity contribution in [2.24, 2.45) is 0 Å². The van der Waals surface area contributed by atoms with Crippen LogP contribution in [-0.4, -0.2) is 30.0 Å². The molecule has 0 atom stereocenters. The van der Waals surface area contributed by atoms with Crippen LogP contribution >= 0.6 is 0 Å². The van der Waals surface area contributed by atoms with Crippen LogP contribution < -0.4 is 0 Å². The molecule has 1 saturated heterocycles. The van der Waals surface area contributed by atoms with Crippen LogP contribution in [0.5, 0.6) is 0 Å². The van der Waals surface area contributed by atoms with E-state index in [-0.39, 0.29) is 0 Å². The Morgan fingerprint density at radius 1 is 1.15 bits per heavy atom. The summed E-state index contributed by atoms with van der Waals surface area (Å²) in [4.78, 5) is 1.26. The van der Waals surface area contributed by atoms with E-state index in [4.69, 9.17) is 10.5 Å². The smallest absolute Gasteiger partial charge is 0.269 e. The maximum atomic E-state index is 12.5. The molecule has 0 spiro atoms. The van der Waals surface area contributed by atoms with E-state index in [9.17, 15) is 8.78 Å². The van der Waals surface area contributed by atoms with Gasteiger partial charge in [-0.05, 0) is 12.8 Å². The van der Waals surface area contributed by atoms with Gasteiger partial charge in [0.1, 0.15) is 12.1 Å². The lowest BCUT2D eigenvalue weighted by Crippen LogP contribution is -2.50. The Balaban J connectivity index is 2.91. The molecule has 0 radical (unpaired) electrons. The minimum atomic E-state index is -2.93. The minimum absolute atomic E-state index is 0.408. The Hall–Kier alpha value is -1.20. The molecule has 0 aliphatic carbocycles. The van der Waals surface area contributed by atoms with Gasteiger partial charge in [0.05, 0.1) is 0 Å². The Morgan fingerprint density at radius 2 is 1.62 bits per heavy atom. The summed E-state index contributed by atoms with van der Waals surface area (Å²) in [5.74, 6) is 0. The normalized spacial score (nSPS) is 18.5. The van der Waals surface area contributed by atoms with E-state index in [1.165, 1.54) is 17.0 Å². The highest BCUT2D eigenvalue weighted by atomic mass is 19.3. The van der Waals surface area contributed by atoms with Crippen molar-refractivity contribution in [2.75, 3.05) is 13.1 Å². The molecule has 1 fully saturated rings. The number of halogens is 2. The summed E-state index contributed by atoms with van der Waals surface area (Å²) < 4.78 is 25.0. The van der Waals surface area contributed by atoms with Gasteiger partial charge in [0.25, 0.3) is 12.0 Å². The predicted molar refractivity (Wildman–Crippen MR) is 40.8 cm³/mol. The van der Waals surface area contributed by atoms with Crippen LogP contribution in [0.4, 0.5) is 8.78 Å². The van der Waals surface area contributed by atoms with Gasteiger partial charge in [-0.1, -0.05) is 0 Å². The zero-order chi connectivity index (χ0) is 9.90. The summed E-state index contributed by atoms with van der Waals surface area (Å²) in [5, 5.41) is 17.2. The van der Waals surface area contributed by atoms with Gasteiger partial charge in [-0.3, -0.25) is 4.90 Å². The van der Waals surface area contributed by atoms with Gasteiger partial charge in [-0.15, -0.1) is 0 Å². The first-order valence-electron chi connectivity index (χ1n) is 4.03. The molecule has 70 valence electrons. The van der Waals surface area contributed by atoms with Crippen molar-refractivity contribution in [3.63, 3.8) is 0 Å². The molecule has 0 unspecified atom stereocenters. The number of hydrogen-bond donors (Lipinski definition) is 0. The van der Waals surface area contributed by atoms with Crippen LogP contribution in [0.15, 0.2) is 0 Å². The second kappa shape index (κ2) is 3.68. The van der Waals surface area contributed by atoms with Crippen molar-refractivity contribution in [3.05, 3.63) is 0 Å². The first-order valence-corrected chi connectivity index (χ1v) is 4.03. The highest BCUT2D eigenvalue weighted by molar-refractivity contribution is 5.24. The molecule has 3 nitrogen and oxygen atoms in total. The zero-order valence-corrected chi connectivity index (χ0v) is 7.00. The van der Waals surface area contributed by atoms with Crippen LogP contribution in [-0.2, 0) is 0 Å². The van der Waals surface area contributed by atoms with E-state index in [0.717, 1.165) is 12.8 Å². The van der Waals surface area contributed by atoms with Gasteiger partial charge in [0, 0.05) is 13.1 Å². The molecule has 0 aromatic rings. The average Bonchev–Trinajstić information content (AvgIpc) is 2.60. The minimum Gasteiger partial charge on any atom is -0.269 e. The molecule has 1 aliphatic rings.